The van der Waals surface area contributed by atoms with E-state index in [4.69, 9.17) is 11.6 Å². The fourth-order valence-corrected chi connectivity index (χ4v) is 5.74. The Kier molecular flexibility index (Phi) is 5.53. The standard InChI is InChI=1S/C21H16ClN3O5S2/c1-11-10-16(25-19(26)13-5-3-4-6-14(13)20(25)27)12(2)9-15(11)23-21(28)24-32(29,30)18-8-7-17(22)31-18/h3-10H,1-2H3,(H2,23,24,28). The number of hydrogen-bond acceptors (Lipinski definition) is 6. The van der Waals surface area contributed by atoms with E-state index in [1.54, 1.807) is 50.2 Å². The first kappa shape index (κ1) is 22.0. The first-order chi connectivity index (χ1) is 15.1. The highest BCUT2D eigenvalue weighted by Crippen LogP contribution is 2.33. The van der Waals surface area contributed by atoms with E-state index in [-0.39, 0.29) is 8.55 Å². The quantitative estimate of drug-likeness (QED) is 0.529. The molecule has 32 heavy (non-hydrogen) atoms. The third-order valence-electron chi connectivity index (χ3n) is 4.87. The summed E-state index contributed by atoms with van der Waals surface area (Å²) in [4.78, 5) is 39.0. The molecule has 3 aromatic rings. The fourth-order valence-electron chi connectivity index (χ4n) is 3.35. The van der Waals surface area contributed by atoms with E-state index in [0.717, 1.165) is 16.2 Å². The van der Waals surface area contributed by atoms with Crippen molar-refractivity contribution in [2.24, 2.45) is 0 Å². The van der Waals surface area contributed by atoms with E-state index in [2.05, 4.69) is 5.32 Å². The van der Waals surface area contributed by atoms with Crippen LogP contribution in [0.25, 0.3) is 0 Å². The van der Waals surface area contributed by atoms with Gasteiger partial charge in [0.25, 0.3) is 21.8 Å². The molecule has 0 aliphatic carbocycles. The van der Waals surface area contributed by atoms with Gasteiger partial charge in [-0.25, -0.2) is 22.8 Å². The maximum Gasteiger partial charge on any atom is 0.333 e. The van der Waals surface area contributed by atoms with Crippen LogP contribution in [0.2, 0.25) is 4.34 Å². The zero-order valence-electron chi connectivity index (χ0n) is 16.8. The number of urea groups is 1. The minimum atomic E-state index is -4.07. The molecule has 0 radical (unpaired) electrons. The number of carbonyl (C=O) groups is 3. The Morgan fingerprint density at radius 1 is 0.969 bits per heavy atom. The zero-order chi connectivity index (χ0) is 23.2. The molecule has 1 aliphatic heterocycles. The van der Waals surface area contributed by atoms with Crippen molar-refractivity contribution in [1.29, 1.82) is 0 Å². The van der Waals surface area contributed by atoms with Crippen LogP contribution in [-0.2, 0) is 10.0 Å². The van der Waals surface area contributed by atoms with Gasteiger partial charge < -0.3 is 5.32 Å². The van der Waals surface area contributed by atoms with Gasteiger partial charge in [-0.1, -0.05) is 23.7 Å². The van der Waals surface area contributed by atoms with Crippen molar-refractivity contribution in [3.8, 4) is 0 Å². The highest BCUT2D eigenvalue weighted by atomic mass is 35.5. The molecule has 11 heteroatoms. The number of hydrogen-bond donors (Lipinski definition) is 2. The lowest BCUT2D eigenvalue weighted by Gasteiger charge is -2.19. The normalized spacial score (nSPS) is 13.3. The number of rotatable bonds is 4. The lowest BCUT2D eigenvalue weighted by Crippen LogP contribution is -2.34. The van der Waals surface area contributed by atoms with Crippen molar-refractivity contribution in [2.75, 3.05) is 10.2 Å². The summed E-state index contributed by atoms with van der Waals surface area (Å²) in [6.07, 6.45) is 0. The Morgan fingerprint density at radius 3 is 2.16 bits per heavy atom. The second kappa shape index (κ2) is 8.05. The number of sulfonamides is 1. The number of carbonyl (C=O) groups excluding carboxylic acids is 3. The number of amides is 4. The third kappa shape index (κ3) is 3.88. The summed E-state index contributed by atoms with van der Waals surface area (Å²) < 4.78 is 26.7. The van der Waals surface area contributed by atoms with E-state index >= 15 is 0 Å². The Labute approximate surface area is 192 Å². The fraction of sp³-hybridized carbons (Fsp3) is 0.0952. The Bertz CT molecular complexity index is 1360. The van der Waals surface area contributed by atoms with Gasteiger partial charge >= 0.3 is 6.03 Å². The highest BCUT2D eigenvalue weighted by Gasteiger charge is 2.37. The maximum absolute atomic E-state index is 12.8. The molecule has 2 heterocycles. The molecule has 0 saturated carbocycles. The first-order valence-corrected chi connectivity index (χ1v) is 11.9. The average molecular weight is 490 g/mol. The first-order valence-electron chi connectivity index (χ1n) is 9.26. The van der Waals surface area contributed by atoms with Gasteiger partial charge in [0, 0.05) is 5.69 Å². The van der Waals surface area contributed by atoms with Crippen LogP contribution in [0.3, 0.4) is 0 Å². The van der Waals surface area contributed by atoms with Crippen molar-refractivity contribution >= 4 is 62.2 Å². The van der Waals surface area contributed by atoms with E-state index in [0.29, 0.717) is 33.6 Å². The molecule has 0 saturated heterocycles. The van der Waals surface area contributed by atoms with Gasteiger partial charge in [0.15, 0.2) is 0 Å². The molecule has 4 amide bonds. The van der Waals surface area contributed by atoms with Crippen LogP contribution >= 0.6 is 22.9 Å². The minimum absolute atomic E-state index is 0.0912. The maximum atomic E-state index is 12.8. The number of imide groups is 1. The monoisotopic (exact) mass is 489 g/mol. The van der Waals surface area contributed by atoms with Gasteiger partial charge in [0.2, 0.25) is 0 Å². The van der Waals surface area contributed by atoms with Gasteiger partial charge in [0.1, 0.15) is 4.21 Å². The molecule has 4 rings (SSSR count). The average Bonchev–Trinajstić information content (AvgIpc) is 3.27. The van der Waals surface area contributed by atoms with Crippen LogP contribution < -0.4 is 14.9 Å². The number of nitrogens with one attached hydrogen (secondary N) is 2. The number of thiophene rings is 1. The Morgan fingerprint density at radius 2 is 1.59 bits per heavy atom. The second-order valence-corrected chi connectivity index (χ2v) is 10.7. The summed E-state index contributed by atoms with van der Waals surface area (Å²) in [5.41, 5.74) is 2.47. The molecule has 0 unspecified atom stereocenters. The molecular weight excluding hydrogens is 474 g/mol. The molecule has 1 aromatic heterocycles. The van der Waals surface area contributed by atoms with Crippen molar-refractivity contribution in [3.05, 3.63) is 75.1 Å². The van der Waals surface area contributed by atoms with Crippen LogP contribution in [0.5, 0.6) is 0 Å². The topological polar surface area (TPSA) is 113 Å². The Hall–Kier alpha value is -3.21. The molecule has 0 fully saturated rings. The van der Waals surface area contributed by atoms with Gasteiger partial charge in [-0.3, -0.25) is 9.59 Å². The molecular formula is C21H16ClN3O5S2. The smallest absolute Gasteiger partial charge is 0.307 e. The largest absolute Gasteiger partial charge is 0.333 e. The number of aryl methyl sites for hydroxylation is 2. The minimum Gasteiger partial charge on any atom is -0.307 e. The van der Waals surface area contributed by atoms with Gasteiger partial charge in [-0.2, -0.15) is 0 Å². The molecule has 2 N–H and O–H groups in total. The number of fused-ring (bicyclic) bond motifs is 1. The third-order valence-corrected chi connectivity index (χ3v) is 7.92. The van der Waals surface area contributed by atoms with E-state index in [1.807, 2.05) is 4.72 Å². The summed E-state index contributed by atoms with van der Waals surface area (Å²) in [6.45, 7) is 3.36. The van der Waals surface area contributed by atoms with Crippen molar-refractivity contribution < 1.29 is 22.8 Å². The summed E-state index contributed by atoms with van der Waals surface area (Å²) in [5.74, 6) is -0.848. The number of halogens is 1. The predicted octanol–water partition coefficient (Wildman–Crippen LogP) is 4.33. The molecule has 1 aliphatic rings. The van der Waals surface area contributed by atoms with Crippen LogP contribution in [0.15, 0.2) is 52.7 Å². The predicted molar refractivity (Wildman–Crippen MR) is 122 cm³/mol. The summed E-state index contributed by atoms with van der Waals surface area (Å²) in [5, 5.41) is 2.50. The summed E-state index contributed by atoms with van der Waals surface area (Å²) >= 11 is 6.59. The summed E-state index contributed by atoms with van der Waals surface area (Å²) in [7, 11) is -4.07. The molecule has 0 atom stereocenters. The van der Waals surface area contributed by atoms with Crippen molar-refractivity contribution in [2.45, 2.75) is 18.1 Å². The van der Waals surface area contributed by atoms with Gasteiger partial charge in [-0.15, -0.1) is 11.3 Å². The van der Waals surface area contributed by atoms with Crippen LogP contribution in [0.4, 0.5) is 16.2 Å². The molecule has 164 valence electrons. The van der Waals surface area contributed by atoms with Crippen LogP contribution in [-0.4, -0.2) is 26.3 Å². The highest BCUT2D eigenvalue weighted by molar-refractivity contribution is 7.92. The molecule has 2 aromatic carbocycles. The lowest BCUT2D eigenvalue weighted by molar-refractivity contribution is 0.0926. The van der Waals surface area contributed by atoms with E-state index in [1.165, 1.54) is 12.1 Å². The molecule has 8 nitrogen and oxygen atoms in total. The van der Waals surface area contributed by atoms with Gasteiger partial charge in [0.05, 0.1) is 21.2 Å². The van der Waals surface area contributed by atoms with Gasteiger partial charge in [-0.05, 0) is 61.4 Å². The number of anilines is 2. The Balaban J connectivity index is 1.57. The van der Waals surface area contributed by atoms with E-state index in [9.17, 15) is 22.8 Å². The van der Waals surface area contributed by atoms with E-state index < -0.39 is 27.9 Å². The van der Waals surface area contributed by atoms with Crippen molar-refractivity contribution in [1.82, 2.24) is 4.72 Å². The van der Waals surface area contributed by atoms with Crippen molar-refractivity contribution in [3.63, 3.8) is 0 Å². The van der Waals surface area contributed by atoms with Crippen LogP contribution in [0.1, 0.15) is 31.8 Å². The lowest BCUT2D eigenvalue weighted by atomic mass is 10.1. The molecule has 0 spiro atoms. The SMILES string of the molecule is Cc1cc(N2C(=O)c3ccccc3C2=O)c(C)cc1NC(=O)NS(=O)(=O)c1ccc(Cl)s1. The number of benzene rings is 2. The van der Waals surface area contributed by atoms with Crippen LogP contribution in [0, 0.1) is 13.8 Å². The summed E-state index contributed by atoms with van der Waals surface area (Å²) in [6, 6.07) is 11.5. The molecule has 0 bridgehead atoms. The number of nitrogens with zero attached hydrogens (tertiary/aromatic N) is 1. The zero-order valence-corrected chi connectivity index (χ0v) is 19.2. The second-order valence-electron chi connectivity index (χ2n) is 7.06.